The van der Waals surface area contributed by atoms with E-state index in [1.54, 1.807) is 6.20 Å². The van der Waals surface area contributed by atoms with E-state index in [1.807, 2.05) is 31.2 Å². The molecule has 1 fully saturated rings. The first-order valence-corrected chi connectivity index (χ1v) is 10.2. The van der Waals surface area contributed by atoms with E-state index in [-0.39, 0.29) is 18.1 Å². The van der Waals surface area contributed by atoms with Gasteiger partial charge in [0.2, 0.25) is 5.91 Å². The molecule has 1 saturated heterocycles. The number of carbonyl (C=O) groups excluding carboxylic acids is 1. The number of nitrogens with one attached hydrogen (secondary N) is 1. The second kappa shape index (κ2) is 10.1. The second-order valence-electron chi connectivity index (χ2n) is 6.56. The number of hydrogen-bond acceptors (Lipinski definition) is 6. The van der Waals surface area contributed by atoms with Gasteiger partial charge in [-0.15, -0.1) is 0 Å². The van der Waals surface area contributed by atoms with Crippen molar-refractivity contribution in [2.75, 3.05) is 13.2 Å². The number of rotatable bonds is 6. The SMILES string of the molecule is CC(=O)NC(C)C#Cc1cnc(Oc2ccc(OCC3CCCCO3)cc2)s1. The Morgan fingerprint density at radius 2 is 2.14 bits per heavy atom. The first-order chi connectivity index (χ1) is 13.6. The van der Waals surface area contributed by atoms with Gasteiger partial charge in [0.15, 0.2) is 0 Å². The maximum Gasteiger partial charge on any atom is 0.279 e. The smallest absolute Gasteiger partial charge is 0.279 e. The zero-order chi connectivity index (χ0) is 19.8. The molecule has 0 spiro atoms. The molecule has 2 heterocycles. The molecule has 28 heavy (non-hydrogen) atoms. The summed E-state index contributed by atoms with van der Waals surface area (Å²) < 4.78 is 17.2. The van der Waals surface area contributed by atoms with Gasteiger partial charge in [0, 0.05) is 13.5 Å². The highest BCUT2D eigenvalue weighted by atomic mass is 32.1. The highest BCUT2D eigenvalue weighted by Crippen LogP contribution is 2.27. The van der Waals surface area contributed by atoms with Gasteiger partial charge in [-0.2, -0.15) is 0 Å². The molecule has 3 rings (SSSR count). The van der Waals surface area contributed by atoms with E-state index in [9.17, 15) is 4.79 Å². The monoisotopic (exact) mass is 400 g/mol. The highest BCUT2D eigenvalue weighted by molar-refractivity contribution is 7.13. The van der Waals surface area contributed by atoms with Crippen LogP contribution in [0, 0.1) is 11.8 Å². The molecule has 7 heteroatoms. The molecular weight excluding hydrogens is 376 g/mol. The second-order valence-corrected chi connectivity index (χ2v) is 7.55. The van der Waals surface area contributed by atoms with E-state index in [0.29, 0.717) is 17.6 Å². The Labute approximate surface area is 169 Å². The van der Waals surface area contributed by atoms with Crippen LogP contribution in [-0.4, -0.2) is 36.3 Å². The van der Waals surface area contributed by atoms with Gasteiger partial charge in [0.1, 0.15) is 23.0 Å². The molecule has 2 aromatic rings. The molecule has 6 nitrogen and oxygen atoms in total. The van der Waals surface area contributed by atoms with Crippen LogP contribution in [0.25, 0.3) is 0 Å². The van der Waals surface area contributed by atoms with Gasteiger partial charge < -0.3 is 19.5 Å². The quantitative estimate of drug-likeness (QED) is 0.748. The summed E-state index contributed by atoms with van der Waals surface area (Å²) in [5, 5.41) is 3.23. The molecular formula is C21H24N2O4S. The largest absolute Gasteiger partial charge is 0.491 e. The summed E-state index contributed by atoms with van der Waals surface area (Å²) in [6.07, 6.45) is 5.25. The molecule has 1 aromatic carbocycles. The molecule has 0 aliphatic carbocycles. The van der Waals surface area contributed by atoms with Crippen LogP contribution in [0.5, 0.6) is 16.7 Å². The Bertz CT molecular complexity index is 832. The summed E-state index contributed by atoms with van der Waals surface area (Å²) in [7, 11) is 0. The predicted octanol–water partition coefficient (Wildman–Crippen LogP) is 3.76. The van der Waals surface area contributed by atoms with Gasteiger partial charge in [-0.05, 0) is 50.5 Å². The van der Waals surface area contributed by atoms with Crippen molar-refractivity contribution in [3.8, 4) is 28.5 Å². The number of aromatic nitrogens is 1. The Hall–Kier alpha value is -2.56. The van der Waals surface area contributed by atoms with Crippen LogP contribution in [-0.2, 0) is 9.53 Å². The molecule has 0 radical (unpaired) electrons. The number of carbonyl (C=O) groups is 1. The summed E-state index contributed by atoms with van der Waals surface area (Å²) in [5.41, 5.74) is 0. The maximum atomic E-state index is 11.0. The van der Waals surface area contributed by atoms with Crippen molar-refractivity contribution in [3.05, 3.63) is 35.3 Å². The lowest BCUT2D eigenvalue weighted by Gasteiger charge is -2.22. The third kappa shape index (κ3) is 6.55. The van der Waals surface area contributed by atoms with E-state index < -0.39 is 0 Å². The van der Waals surface area contributed by atoms with Crippen molar-refractivity contribution in [1.29, 1.82) is 0 Å². The third-order valence-electron chi connectivity index (χ3n) is 4.05. The van der Waals surface area contributed by atoms with Crippen LogP contribution < -0.4 is 14.8 Å². The number of hydrogen-bond donors (Lipinski definition) is 1. The molecule has 1 N–H and O–H groups in total. The minimum Gasteiger partial charge on any atom is -0.491 e. The molecule has 2 unspecified atom stereocenters. The van der Waals surface area contributed by atoms with Crippen LogP contribution in [0.3, 0.4) is 0 Å². The summed E-state index contributed by atoms with van der Waals surface area (Å²) in [5.74, 6) is 7.32. The topological polar surface area (TPSA) is 69.7 Å². The van der Waals surface area contributed by atoms with Crippen LogP contribution in [0.1, 0.15) is 38.0 Å². The zero-order valence-corrected chi connectivity index (χ0v) is 16.9. The minimum atomic E-state index is -0.212. The third-order valence-corrected chi connectivity index (χ3v) is 4.85. The number of ether oxygens (including phenoxy) is 3. The fraction of sp³-hybridized carbons (Fsp3) is 0.429. The fourth-order valence-corrected chi connectivity index (χ4v) is 3.36. The van der Waals surface area contributed by atoms with E-state index in [4.69, 9.17) is 14.2 Å². The van der Waals surface area contributed by atoms with E-state index in [2.05, 4.69) is 22.1 Å². The van der Waals surface area contributed by atoms with Crippen LogP contribution in [0.2, 0.25) is 0 Å². The molecule has 1 aromatic heterocycles. The Balaban J connectivity index is 1.49. The Morgan fingerprint density at radius 3 is 2.86 bits per heavy atom. The number of benzene rings is 1. The maximum absolute atomic E-state index is 11.0. The van der Waals surface area contributed by atoms with Crippen molar-refractivity contribution in [3.63, 3.8) is 0 Å². The molecule has 0 saturated carbocycles. The van der Waals surface area contributed by atoms with Gasteiger partial charge >= 0.3 is 0 Å². The average molecular weight is 401 g/mol. The first-order valence-electron chi connectivity index (χ1n) is 9.35. The lowest BCUT2D eigenvalue weighted by molar-refractivity contribution is -0.119. The predicted molar refractivity (Wildman–Crippen MR) is 108 cm³/mol. The zero-order valence-electron chi connectivity index (χ0n) is 16.1. The molecule has 0 bridgehead atoms. The van der Waals surface area contributed by atoms with Crippen molar-refractivity contribution in [2.45, 2.75) is 45.3 Å². The number of amides is 1. The van der Waals surface area contributed by atoms with Crippen molar-refractivity contribution in [1.82, 2.24) is 10.3 Å². The number of nitrogens with zero attached hydrogens (tertiary/aromatic N) is 1. The minimum absolute atomic E-state index is 0.103. The molecule has 1 aliphatic rings. The molecule has 2 atom stereocenters. The fourth-order valence-electron chi connectivity index (χ4n) is 2.72. The summed E-state index contributed by atoms with van der Waals surface area (Å²) >= 11 is 1.35. The highest BCUT2D eigenvalue weighted by Gasteiger charge is 2.14. The van der Waals surface area contributed by atoms with Gasteiger partial charge in [0.05, 0.1) is 18.3 Å². The molecule has 1 amide bonds. The lowest BCUT2D eigenvalue weighted by Crippen LogP contribution is -2.28. The average Bonchev–Trinajstić information content (AvgIpc) is 3.13. The van der Waals surface area contributed by atoms with Gasteiger partial charge in [-0.1, -0.05) is 23.2 Å². The molecule has 1 aliphatic heterocycles. The van der Waals surface area contributed by atoms with E-state index in [0.717, 1.165) is 30.1 Å². The van der Waals surface area contributed by atoms with Gasteiger partial charge in [-0.3, -0.25) is 4.79 Å². The molecule has 148 valence electrons. The first kappa shape index (κ1) is 20.2. The van der Waals surface area contributed by atoms with Crippen molar-refractivity contribution in [2.24, 2.45) is 0 Å². The standard InChI is InChI=1S/C21H24N2O4S/c1-15(23-16(2)24)6-11-20-13-22-21(28-20)27-18-9-7-17(8-10-18)26-14-19-5-3-4-12-25-19/h7-10,13,15,19H,3-5,12,14H2,1-2H3,(H,23,24). The van der Waals surface area contributed by atoms with E-state index >= 15 is 0 Å². The Morgan fingerprint density at radius 1 is 1.36 bits per heavy atom. The van der Waals surface area contributed by atoms with Crippen molar-refractivity contribution >= 4 is 17.2 Å². The Kier molecular flexibility index (Phi) is 7.29. The van der Waals surface area contributed by atoms with Crippen LogP contribution in [0.4, 0.5) is 0 Å². The normalized spacial score (nSPS) is 17.1. The number of thiazole rings is 1. The van der Waals surface area contributed by atoms with E-state index in [1.165, 1.54) is 24.7 Å². The van der Waals surface area contributed by atoms with Crippen molar-refractivity contribution < 1.29 is 19.0 Å². The van der Waals surface area contributed by atoms with Gasteiger partial charge in [-0.25, -0.2) is 4.98 Å². The summed E-state index contributed by atoms with van der Waals surface area (Å²) in [6, 6.07) is 7.24. The van der Waals surface area contributed by atoms with Gasteiger partial charge in [0.25, 0.3) is 5.19 Å². The lowest BCUT2D eigenvalue weighted by atomic mass is 10.1. The van der Waals surface area contributed by atoms with Crippen LogP contribution in [0.15, 0.2) is 30.5 Å². The van der Waals surface area contributed by atoms with Crippen LogP contribution >= 0.6 is 11.3 Å². The summed E-state index contributed by atoms with van der Waals surface area (Å²) in [6.45, 7) is 4.70. The summed E-state index contributed by atoms with van der Waals surface area (Å²) in [4.78, 5) is 16.0.